The predicted octanol–water partition coefficient (Wildman–Crippen LogP) is 4.07. The number of phenolic OH excluding ortho intramolecular Hbond substituents is 1. The first-order valence-electron chi connectivity index (χ1n) is 8.12. The molecule has 1 aliphatic heterocycles. The zero-order valence-electron chi connectivity index (χ0n) is 13.7. The van der Waals surface area contributed by atoms with Gasteiger partial charge in [0.1, 0.15) is 5.75 Å². The van der Waals surface area contributed by atoms with Crippen LogP contribution >= 0.6 is 0 Å². The lowest BCUT2D eigenvalue weighted by molar-refractivity contribution is -0.116. The minimum atomic E-state index is -0.107. The molecule has 1 N–H and O–H groups in total. The maximum atomic E-state index is 12.3. The van der Waals surface area contributed by atoms with Crippen LogP contribution in [0.15, 0.2) is 54.6 Å². The molecule has 0 saturated carbocycles. The predicted molar refractivity (Wildman–Crippen MR) is 96.4 cm³/mol. The van der Waals surface area contributed by atoms with E-state index < -0.39 is 0 Å². The highest BCUT2D eigenvalue weighted by Gasteiger charge is 2.33. The van der Waals surface area contributed by atoms with Crippen molar-refractivity contribution in [1.29, 1.82) is 5.26 Å². The van der Waals surface area contributed by atoms with Crippen LogP contribution in [0.5, 0.6) is 5.75 Å². The summed E-state index contributed by atoms with van der Waals surface area (Å²) in [5.74, 6) is 0.181. The van der Waals surface area contributed by atoms with Crippen LogP contribution in [0.3, 0.4) is 0 Å². The molecule has 0 radical (unpaired) electrons. The summed E-state index contributed by atoms with van der Waals surface area (Å²) in [6.07, 6.45) is 0.659. The van der Waals surface area contributed by atoms with Crippen LogP contribution in [0.2, 0.25) is 0 Å². The van der Waals surface area contributed by atoms with E-state index in [0.29, 0.717) is 12.0 Å². The van der Waals surface area contributed by atoms with Gasteiger partial charge in [-0.25, -0.2) is 0 Å². The Kier molecular flexibility index (Phi) is 3.43. The Hall–Kier alpha value is -3.32. The first kappa shape index (κ1) is 15.2. The summed E-state index contributed by atoms with van der Waals surface area (Å²) in [7, 11) is 0. The first-order valence-corrected chi connectivity index (χ1v) is 8.12. The average molecular weight is 328 g/mol. The van der Waals surface area contributed by atoms with Crippen LogP contribution in [0.4, 0.5) is 5.69 Å². The van der Waals surface area contributed by atoms with E-state index in [4.69, 9.17) is 5.26 Å². The van der Waals surface area contributed by atoms with Crippen molar-refractivity contribution in [3.05, 3.63) is 71.3 Å². The molecule has 0 saturated heterocycles. The number of nitrogens with zero attached hydrogens (tertiary/aromatic N) is 2. The SMILES string of the molecule is CC(=O)N1c2ccc(O)cc2CC1c1ccc2ccc(C#N)cc2c1. The van der Waals surface area contributed by atoms with Crippen molar-refractivity contribution in [3.63, 3.8) is 0 Å². The molecule has 0 spiro atoms. The zero-order valence-corrected chi connectivity index (χ0v) is 13.7. The molecule has 3 aromatic rings. The molecular formula is C21H16N2O2. The molecule has 1 amide bonds. The fraction of sp³-hybridized carbons (Fsp3) is 0.143. The Morgan fingerprint density at radius 3 is 2.68 bits per heavy atom. The van der Waals surface area contributed by atoms with Gasteiger partial charge in [-0.3, -0.25) is 4.79 Å². The molecule has 1 aliphatic rings. The Morgan fingerprint density at radius 1 is 1.12 bits per heavy atom. The molecule has 0 aromatic heterocycles. The van der Waals surface area contributed by atoms with Gasteiger partial charge in [0.25, 0.3) is 0 Å². The molecule has 3 aromatic carbocycles. The van der Waals surface area contributed by atoms with Gasteiger partial charge in [0.2, 0.25) is 5.91 Å². The molecule has 4 rings (SSSR count). The summed E-state index contributed by atoms with van der Waals surface area (Å²) in [6, 6.07) is 18.9. The number of nitriles is 1. The molecule has 4 nitrogen and oxygen atoms in total. The van der Waals surface area contributed by atoms with Crippen molar-refractivity contribution < 1.29 is 9.90 Å². The van der Waals surface area contributed by atoms with Crippen molar-refractivity contribution in [2.75, 3.05) is 4.90 Å². The summed E-state index contributed by atoms with van der Waals surface area (Å²) in [6.45, 7) is 1.56. The van der Waals surface area contributed by atoms with Crippen molar-refractivity contribution >= 4 is 22.4 Å². The molecule has 4 heteroatoms. The van der Waals surface area contributed by atoms with Crippen LogP contribution in [0, 0.1) is 11.3 Å². The average Bonchev–Trinajstić information content (AvgIpc) is 2.99. The van der Waals surface area contributed by atoms with Gasteiger partial charge in [0.15, 0.2) is 0 Å². The zero-order chi connectivity index (χ0) is 17.6. The fourth-order valence-electron chi connectivity index (χ4n) is 3.64. The van der Waals surface area contributed by atoms with Crippen LogP contribution in [0.25, 0.3) is 10.8 Å². The van der Waals surface area contributed by atoms with Gasteiger partial charge in [-0.2, -0.15) is 5.26 Å². The third-order valence-electron chi connectivity index (χ3n) is 4.76. The van der Waals surface area contributed by atoms with Gasteiger partial charge < -0.3 is 10.0 Å². The number of hydrogen-bond acceptors (Lipinski definition) is 3. The molecule has 0 fully saturated rings. The van der Waals surface area contributed by atoms with Crippen LogP contribution in [-0.4, -0.2) is 11.0 Å². The second kappa shape index (κ2) is 5.64. The lowest BCUT2D eigenvalue weighted by Gasteiger charge is -2.25. The van der Waals surface area contributed by atoms with Gasteiger partial charge in [-0.1, -0.05) is 18.2 Å². The summed E-state index contributed by atoms with van der Waals surface area (Å²) in [4.78, 5) is 14.0. The molecule has 122 valence electrons. The Morgan fingerprint density at radius 2 is 1.92 bits per heavy atom. The van der Waals surface area contributed by atoms with E-state index in [1.165, 1.54) is 0 Å². The van der Waals surface area contributed by atoms with Gasteiger partial charge in [-0.15, -0.1) is 0 Å². The second-order valence-corrected chi connectivity index (χ2v) is 6.36. The van der Waals surface area contributed by atoms with E-state index in [1.807, 2.05) is 30.3 Å². The second-order valence-electron chi connectivity index (χ2n) is 6.36. The van der Waals surface area contributed by atoms with Crippen molar-refractivity contribution in [2.45, 2.75) is 19.4 Å². The Balaban J connectivity index is 1.82. The number of carbonyl (C=O) groups excluding carboxylic acids is 1. The highest BCUT2D eigenvalue weighted by molar-refractivity contribution is 5.95. The number of amides is 1. The summed E-state index contributed by atoms with van der Waals surface area (Å²) in [5, 5.41) is 20.9. The summed E-state index contributed by atoms with van der Waals surface area (Å²) >= 11 is 0. The van der Waals surface area contributed by atoms with Gasteiger partial charge >= 0.3 is 0 Å². The number of phenols is 1. The standard InChI is InChI=1S/C21H16N2O2/c1-13(24)23-20-7-6-19(25)10-18(20)11-21(23)16-5-4-15-3-2-14(12-22)8-17(15)9-16/h2-10,21,25H,11H2,1H3. The lowest BCUT2D eigenvalue weighted by atomic mass is 9.98. The van der Waals surface area contributed by atoms with E-state index in [1.54, 1.807) is 36.1 Å². The van der Waals surface area contributed by atoms with Gasteiger partial charge in [0, 0.05) is 12.6 Å². The van der Waals surface area contributed by atoms with E-state index in [2.05, 4.69) is 6.07 Å². The number of rotatable bonds is 1. The third kappa shape index (κ3) is 2.50. The maximum absolute atomic E-state index is 12.3. The normalized spacial score (nSPS) is 15.8. The molecule has 1 atom stereocenters. The van der Waals surface area contributed by atoms with Crippen molar-refractivity contribution in [2.24, 2.45) is 0 Å². The molecular weight excluding hydrogens is 312 g/mol. The largest absolute Gasteiger partial charge is 0.508 e. The van der Waals surface area contributed by atoms with Crippen LogP contribution in [0.1, 0.15) is 29.7 Å². The highest BCUT2D eigenvalue weighted by atomic mass is 16.3. The molecule has 1 unspecified atom stereocenters. The van der Waals surface area contributed by atoms with E-state index in [9.17, 15) is 9.90 Å². The monoisotopic (exact) mass is 328 g/mol. The third-order valence-corrected chi connectivity index (χ3v) is 4.76. The molecule has 0 aliphatic carbocycles. The number of benzene rings is 3. The first-order chi connectivity index (χ1) is 12.1. The minimum absolute atomic E-state index is 0.0275. The molecule has 0 bridgehead atoms. The number of anilines is 1. The number of hydrogen-bond donors (Lipinski definition) is 1. The number of carbonyl (C=O) groups is 1. The smallest absolute Gasteiger partial charge is 0.224 e. The minimum Gasteiger partial charge on any atom is -0.508 e. The Labute approximate surface area is 145 Å². The quantitative estimate of drug-likeness (QED) is 0.732. The number of aromatic hydroxyl groups is 1. The lowest BCUT2D eigenvalue weighted by Crippen LogP contribution is -2.29. The van der Waals surface area contributed by atoms with Crippen molar-refractivity contribution in [1.82, 2.24) is 0 Å². The van der Waals surface area contributed by atoms with E-state index in [0.717, 1.165) is 27.6 Å². The summed E-state index contributed by atoms with van der Waals surface area (Å²) in [5.41, 5.74) is 3.45. The molecule has 1 heterocycles. The summed E-state index contributed by atoms with van der Waals surface area (Å²) < 4.78 is 0. The van der Waals surface area contributed by atoms with Crippen molar-refractivity contribution in [3.8, 4) is 11.8 Å². The van der Waals surface area contributed by atoms with Gasteiger partial charge in [-0.05, 0) is 64.7 Å². The van der Waals surface area contributed by atoms with Crippen LogP contribution in [-0.2, 0) is 11.2 Å². The topological polar surface area (TPSA) is 64.3 Å². The maximum Gasteiger partial charge on any atom is 0.224 e. The Bertz CT molecular complexity index is 1050. The van der Waals surface area contributed by atoms with Crippen LogP contribution < -0.4 is 4.90 Å². The number of fused-ring (bicyclic) bond motifs is 2. The van der Waals surface area contributed by atoms with Gasteiger partial charge in [0.05, 0.1) is 17.7 Å². The van der Waals surface area contributed by atoms with E-state index in [-0.39, 0.29) is 17.7 Å². The fourth-order valence-corrected chi connectivity index (χ4v) is 3.64. The highest BCUT2D eigenvalue weighted by Crippen LogP contribution is 2.42. The van der Waals surface area contributed by atoms with E-state index >= 15 is 0 Å². The molecule has 25 heavy (non-hydrogen) atoms.